The van der Waals surface area contributed by atoms with Gasteiger partial charge in [-0.05, 0) is 37.3 Å². The Labute approximate surface area is 103 Å². The van der Waals surface area contributed by atoms with Gasteiger partial charge in [0.05, 0.1) is 0 Å². The minimum atomic E-state index is 0.528. The first-order valence-electron chi connectivity index (χ1n) is 6.06. The molecule has 0 aliphatic carbocycles. The van der Waals surface area contributed by atoms with E-state index in [1.54, 1.807) is 0 Å². The van der Waals surface area contributed by atoms with Gasteiger partial charge in [-0.3, -0.25) is 0 Å². The summed E-state index contributed by atoms with van der Waals surface area (Å²) >= 11 is 1.84. The Morgan fingerprint density at radius 2 is 2.19 bits per heavy atom. The first-order valence-corrected chi connectivity index (χ1v) is 6.94. The zero-order valence-electron chi connectivity index (χ0n) is 10.6. The van der Waals surface area contributed by atoms with Crippen LogP contribution < -0.4 is 5.73 Å². The van der Waals surface area contributed by atoms with Gasteiger partial charge in [0.15, 0.2) is 0 Å². The SMILES string of the molecule is CC(C)CC(CN)N(C)CCc1cccs1. The van der Waals surface area contributed by atoms with Crippen molar-refractivity contribution in [2.24, 2.45) is 11.7 Å². The predicted molar refractivity (Wildman–Crippen MR) is 73.0 cm³/mol. The van der Waals surface area contributed by atoms with Gasteiger partial charge in [-0.1, -0.05) is 19.9 Å². The molecule has 1 aromatic heterocycles. The maximum atomic E-state index is 5.83. The van der Waals surface area contributed by atoms with Crippen LogP contribution in [-0.4, -0.2) is 31.1 Å². The van der Waals surface area contributed by atoms with E-state index in [4.69, 9.17) is 5.73 Å². The molecule has 1 aromatic rings. The van der Waals surface area contributed by atoms with Crippen molar-refractivity contribution in [1.29, 1.82) is 0 Å². The second-order valence-corrected chi connectivity index (χ2v) is 5.86. The smallest absolute Gasteiger partial charge is 0.0217 e. The van der Waals surface area contributed by atoms with Crippen molar-refractivity contribution in [3.05, 3.63) is 22.4 Å². The van der Waals surface area contributed by atoms with Gasteiger partial charge in [0, 0.05) is 24.0 Å². The van der Waals surface area contributed by atoms with Crippen LogP contribution in [-0.2, 0) is 6.42 Å². The van der Waals surface area contributed by atoms with Gasteiger partial charge >= 0.3 is 0 Å². The molecule has 1 rings (SSSR count). The summed E-state index contributed by atoms with van der Waals surface area (Å²) in [7, 11) is 2.19. The van der Waals surface area contributed by atoms with E-state index in [2.05, 4.69) is 43.3 Å². The maximum absolute atomic E-state index is 5.83. The fourth-order valence-corrected chi connectivity index (χ4v) is 2.62. The summed E-state index contributed by atoms with van der Waals surface area (Å²) in [6.45, 7) is 6.39. The molecule has 0 aliphatic rings. The molecule has 0 spiro atoms. The summed E-state index contributed by atoms with van der Waals surface area (Å²) in [6.07, 6.45) is 2.33. The lowest BCUT2D eigenvalue weighted by molar-refractivity contribution is 0.220. The number of likely N-dealkylation sites (N-methyl/N-ethyl adjacent to an activating group) is 1. The molecule has 0 bridgehead atoms. The van der Waals surface area contributed by atoms with Crippen molar-refractivity contribution in [3.8, 4) is 0 Å². The average Bonchev–Trinajstić information content (AvgIpc) is 2.75. The summed E-state index contributed by atoms with van der Waals surface area (Å²) in [6, 6.07) is 4.85. The molecule has 0 fully saturated rings. The highest BCUT2D eigenvalue weighted by Gasteiger charge is 2.14. The van der Waals surface area contributed by atoms with E-state index in [0.717, 1.165) is 25.4 Å². The molecule has 0 saturated carbocycles. The van der Waals surface area contributed by atoms with E-state index in [1.165, 1.54) is 11.3 Å². The van der Waals surface area contributed by atoms with Crippen molar-refractivity contribution in [2.45, 2.75) is 32.7 Å². The van der Waals surface area contributed by atoms with E-state index in [-0.39, 0.29) is 0 Å². The molecular formula is C13H24N2S. The van der Waals surface area contributed by atoms with Crippen LogP contribution in [0.15, 0.2) is 17.5 Å². The minimum Gasteiger partial charge on any atom is -0.329 e. The number of nitrogens with zero attached hydrogens (tertiary/aromatic N) is 1. The number of rotatable bonds is 7. The third kappa shape index (κ3) is 4.64. The Kier molecular flexibility index (Phi) is 6.03. The highest BCUT2D eigenvalue weighted by atomic mass is 32.1. The zero-order chi connectivity index (χ0) is 12.0. The Balaban J connectivity index is 2.34. The molecule has 2 nitrogen and oxygen atoms in total. The molecule has 0 saturated heterocycles. The van der Waals surface area contributed by atoms with Crippen LogP contribution in [0, 0.1) is 5.92 Å². The third-order valence-electron chi connectivity index (χ3n) is 2.93. The topological polar surface area (TPSA) is 29.3 Å². The first-order chi connectivity index (χ1) is 7.63. The summed E-state index contributed by atoms with van der Waals surface area (Å²) in [5.41, 5.74) is 5.83. The summed E-state index contributed by atoms with van der Waals surface area (Å²) in [5, 5.41) is 2.14. The summed E-state index contributed by atoms with van der Waals surface area (Å²) in [4.78, 5) is 3.87. The molecule has 0 amide bonds. The van der Waals surface area contributed by atoms with Crippen LogP contribution in [0.5, 0.6) is 0 Å². The fourth-order valence-electron chi connectivity index (χ4n) is 1.92. The number of hydrogen-bond acceptors (Lipinski definition) is 3. The molecule has 1 unspecified atom stereocenters. The van der Waals surface area contributed by atoms with Gasteiger partial charge in [0.1, 0.15) is 0 Å². The van der Waals surface area contributed by atoms with E-state index in [1.807, 2.05) is 11.3 Å². The van der Waals surface area contributed by atoms with Crippen molar-refractivity contribution >= 4 is 11.3 Å². The highest BCUT2D eigenvalue weighted by Crippen LogP contribution is 2.13. The number of hydrogen-bond donors (Lipinski definition) is 1. The van der Waals surface area contributed by atoms with Gasteiger partial charge in [-0.25, -0.2) is 0 Å². The van der Waals surface area contributed by atoms with E-state index in [9.17, 15) is 0 Å². The first kappa shape index (κ1) is 13.7. The van der Waals surface area contributed by atoms with Crippen molar-refractivity contribution in [3.63, 3.8) is 0 Å². The molecule has 16 heavy (non-hydrogen) atoms. The molecular weight excluding hydrogens is 216 g/mol. The lowest BCUT2D eigenvalue weighted by Crippen LogP contribution is -2.39. The molecule has 0 aromatic carbocycles. The largest absolute Gasteiger partial charge is 0.329 e. The number of nitrogens with two attached hydrogens (primary N) is 1. The number of thiophene rings is 1. The van der Waals surface area contributed by atoms with Crippen LogP contribution in [0.4, 0.5) is 0 Å². The molecule has 0 radical (unpaired) electrons. The van der Waals surface area contributed by atoms with Crippen molar-refractivity contribution in [2.75, 3.05) is 20.1 Å². The fraction of sp³-hybridized carbons (Fsp3) is 0.692. The minimum absolute atomic E-state index is 0.528. The van der Waals surface area contributed by atoms with Crippen LogP contribution >= 0.6 is 11.3 Å². The van der Waals surface area contributed by atoms with Gasteiger partial charge in [-0.2, -0.15) is 0 Å². The summed E-state index contributed by atoms with van der Waals surface area (Å²) in [5.74, 6) is 0.720. The third-order valence-corrected chi connectivity index (χ3v) is 3.87. The molecule has 92 valence electrons. The summed E-state index contributed by atoms with van der Waals surface area (Å²) < 4.78 is 0. The average molecular weight is 240 g/mol. The van der Waals surface area contributed by atoms with Crippen LogP contribution in [0.25, 0.3) is 0 Å². The van der Waals surface area contributed by atoms with Crippen LogP contribution in [0.2, 0.25) is 0 Å². The zero-order valence-corrected chi connectivity index (χ0v) is 11.5. The molecule has 0 aliphatic heterocycles. The van der Waals surface area contributed by atoms with E-state index < -0.39 is 0 Å². The maximum Gasteiger partial charge on any atom is 0.0217 e. The van der Waals surface area contributed by atoms with Crippen LogP contribution in [0.1, 0.15) is 25.1 Å². The molecule has 2 N–H and O–H groups in total. The monoisotopic (exact) mass is 240 g/mol. The predicted octanol–water partition coefficient (Wildman–Crippen LogP) is 2.60. The molecule has 3 heteroatoms. The van der Waals surface area contributed by atoms with Gasteiger partial charge < -0.3 is 10.6 Å². The molecule has 1 heterocycles. The molecule has 1 atom stereocenters. The second kappa shape index (κ2) is 7.05. The van der Waals surface area contributed by atoms with Gasteiger partial charge in [0.25, 0.3) is 0 Å². The quantitative estimate of drug-likeness (QED) is 0.794. The second-order valence-electron chi connectivity index (χ2n) is 4.83. The normalized spacial score (nSPS) is 13.6. The lowest BCUT2D eigenvalue weighted by Gasteiger charge is -2.28. The highest BCUT2D eigenvalue weighted by molar-refractivity contribution is 7.09. The lowest BCUT2D eigenvalue weighted by atomic mass is 10.0. The standard InChI is InChI=1S/C13H24N2S/c1-11(2)9-12(10-14)15(3)7-6-13-5-4-8-16-13/h4-5,8,11-12H,6-7,9-10,14H2,1-3H3. The van der Waals surface area contributed by atoms with Crippen molar-refractivity contribution in [1.82, 2.24) is 4.90 Å². The van der Waals surface area contributed by atoms with E-state index in [0.29, 0.717) is 6.04 Å². The van der Waals surface area contributed by atoms with Gasteiger partial charge in [0.2, 0.25) is 0 Å². The Bertz CT molecular complexity index is 269. The van der Waals surface area contributed by atoms with Gasteiger partial charge in [-0.15, -0.1) is 11.3 Å². The Hall–Kier alpha value is -0.380. The van der Waals surface area contributed by atoms with E-state index >= 15 is 0 Å². The Morgan fingerprint density at radius 3 is 2.69 bits per heavy atom. The van der Waals surface area contributed by atoms with Crippen molar-refractivity contribution < 1.29 is 0 Å². The Morgan fingerprint density at radius 1 is 1.44 bits per heavy atom. The van der Waals surface area contributed by atoms with Crippen LogP contribution in [0.3, 0.4) is 0 Å².